The van der Waals surface area contributed by atoms with Crippen LogP contribution in [0.25, 0.3) is 10.8 Å². The Morgan fingerprint density at radius 3 is 2.46 bits per heavy atom. The van der Waals surface area contributed by atoms with Gasteiger partial charge >= 0.3 is 5.97 Å². The average molecular weight is 864 g/mol. The van der Waals surface area contributed by atoms with E-state index < -0.39 is 92.1 Å². The second kappa shape index (κ2) is 16.9. The third-order valence-corrected chi connectivity index (χ3v) is 14.5. The number of fused-ring (bicyclic) bond motifs is 3. The molecule has 2 amide bonds. The van der Waals surface area contributed by atoms with Crippen LogP contribution in [0.1, 0.15) is 106 Å². The molecular weight excluding hydrogens is 808 g/mol. The smallest absolute Gasteiger partial charge is 0.307 e. The minimum Gasteiger partial charge on any atom is -0.475 e. The van der Waals surface area contributed by atoms with Gasteiger partial charge in [0.1, 0.15) is 6.10 Å². The highest BCUT2D eigenvalue weighted by Gasteiger charge is 2.62. The first-order valence-corrected chi connectivity index (χ1v) is 22.5. The number of allylic oxidation sites excluding steroid dienone is 2. The van der Waals surface area contributed by atoms with Gasteiger partial charge in [0, 0.05) is 41.6 Å². The van der Waals surface area contributed by atoms with Crippen LogP contribution in [0.15, 0.2) is 36.4 Å². The van der Waals surface area contributed by atoms with Crippen molar-refractivity contribution in [3.05, 3.63) is 41.4 Å². The highest BCUT2D eigenvalue weighted by Crippen LogP contribution is 2.57. The van der Waals surface area contributed by atoms with Crippen molar-refractivity contribution in [2.45, 2.75) is 141 Å². The number of ketones is 1. The SMILES string of the molecule is CC(C)Oc1cc2c(Cl)cccc2c(O[C@@H]2C[C@H]3C(=O)C[C@]4(C(=O)NS(=O)(=O)C5CC5)C[C@H]4/C=C\CC[C@@H](C)C[C@@H](C)[C@H](CC(=O)OC(C)(C)C(C)(F)F)C(=O)N3C2)n1. The first kappa shape index (κ1) is 44.7. The van der Waals surface area contributed by atoms with E-state index in [9.17, 15) is 36.4 Å². The standard InChI is InChI=1S/C43H56ClF2N3O9S/c1-24(2)56-36-19-32-30(13-10-14-33(32)44)38(47-36)57-28-18-34-35(50)22-43(40(53)48-59(54,55)29-15-16-29)21-27(43)12-9-8-11-25(3)17-26(4)31(39(52)49(34)23-28)20-37(51)58-41(5,6)42(7,45)46/h9-10,12-14,19,24-29,31,34H,8,11,15-18,20-23H2,1-7H3,(H,48,53)/b12-9-/t25-,26-,27-,28-,31+,34+,43-/m1/s1. The van der Waals surface area contributed by atoms with Crippen LogP contribution >= 0.6 is 11.6 Å². The van der Waals surface area contributed by atoms with Crippen LogP contribution in [0.4, 0.5) is 8.78 Å². The first-order valence-electron chi connectivity index (χ1n) is 20.6. The maximum atomic E-state index is 15.0. The molecule has 1 saturated heterocycles. The van der Waals surface area contributed by atoms with Crippen LogP contribution in [-0.4, -0.2) is 83.4 Å². The average Bonchev–Trinajstić information content (AvgIpc) is 4.05. The maximum absolute atomic E-state index is 15.0. The van der Waals surface area contributed by atoms with E-state index in [1.165, 1.54) is 4.90 Å². The van der Waals surface area contributed by atoms with Crippen LogP contribution in [0, 0.1) is 29.1 Å². The number of amides is 2. The van der Waals surface area contributed by atoms with Crippen molar-refractivity contribution in [2.75, 3.05) is 6.54 Å². The zero-order valence-corrected chi connectivity index (χ0v) is 36.3. The molecule has 12 nitrogen and oxygen atoms in total. The fraction of sp³-hybridized carbons (Fsp3) is 0.651. The van der Waals surface area contributed by atoms with E-state index in [4.69, 9.17) is 25.8 Å². The minimum atomic E-state index is -3.92. The monoisotopic (exact) mass is 863 g/mol. The fourth-order valence-electron chi connectivity index (χ4n) is 8.32. The van der Waals surface area contributed by atoms with Crippen LogP contribution in [0.2, 0.25) is 5.02 Å². The Bertz CT molecular complexity index is 2100. The summed E-state index contributed by atoms with van der Waals surface area (Å²) in [6.07, 6.45) is 4.89. The molecule has 3 fully saturated rings. The van der Waals surface area contributed by atoms with Crippen molar-refractivity contribution in [1.29, 1.82) is 0 Å². The van der Waals surface area contributed by atoms with Gasteiger partial charge in [0.05, 0.1) is 41.7 Å². The Balaban J connectivity index is 1.37. The Kier molecular flexibility index (Phi) is 12.8. The van der Waals surface area contributed by atoms with Crippen molar-refractivity contribution in [1.82, 2.24) is 14.6 Å². The molecule has 0 spiro atoms. The van der Waals surface area contributed by atoms with E-state index in [1.807, 2.05) is 39.8 Å². The van der Waals surface area contributed by atoms with E-state index in [1.54, 1.807) is 24.3 Å². The number of pyridine rings is 1. The molecule has 0 radical (unpaired) electrons. The second-order valence-corrected chi connectivity index (χ2v) is 20.4. The number of Topliss-reactive ketones (excluding diaryl/α,β-unsaturated/α-hetero) is 1. The lowest BCUT2D eigenvalue weighted by molar-refractivity contribution is -0.197. The van der Waals surface area contributed by atoms with E-state index in [-0.39, 0.29) is 49.6 Å². The molecule has 2 aliphatic carbocycles. The number of benzene rings is 1. The maximum Gasteiger partial charge on any atom is 0.307 e. The number of sulfonamides is 1. The number of alkyl halides is 2. The molecule has 1 N–H and O–H groups in total. The van der Waals surface area contributed by atoms with Crippen molar-refractivity contribution < 1.29 is 50.6 Å². The normalized spacial score (nSPS) is 28.9. The van der Waals surface area contributed by atoms with Gasteiger partial charge in [-0.2, -0.15) is 4.98 Å². The zero-order valence-electron chi connectivity index (χ0n) is 34.8. The number of ether oxygens (including phenoxy) is 3. The van der Waals surface area contributed by atoms with Crippen molar-refractivity contribution in [3.8, 4) is 11.8 Å². The molecule has 2 aromatic rings. The Morgan fingerprint density at radius 1 is 1.08 bits per heavy atom. The summed E-state index contributed by atoms with van der Waals surface area (Å²) >= 11 is 6.59. The zero-order chi connectivity index (χ0) is 43.2. The Morgan fingerprint density at radius 2 is 1.80 bits per heavy atom. The number of hydrogen-bond acceptors (Lipinski definition) is 10. The van der Waals surface area contributed by atoms with E-state index >= 15 is 0 Å². The van der Waals surface area contributed by atoms with Gasteiger partial charge in [0.15, 0.2) is 11.4 Å². The van der Waals surface area contributed by atoms with E-state index in [2.05, 4.69) is 9.71 Å². The number of nitrogens with one attached hydrogen (secondary N) is 1. The lowest BCUT2D eigenvalue weighted by Crippen LogP contribution is -2.48. The molecule has 3 heterocycles. The molecule has 2 aliphatic heterocycles. The van der Waals surface area contributed by atoms with Crippen LogP contribution in [-0.2, 0) is 33.9 Å². The largest absolute Gasteiger partial charge is 0.475 e. The first-order chi connectivity index (χ1) is 27.5. The van der Waals surface area contributed by atoms with Crippen molar-refractivity contribution >= 4 is 56.0 Å². The lowest BCUT2D eigenvalue weighted by Gasteiger charge is -2.34. The summed E-state index contributed by atoms with van der Waals surface area (Å²) in [7, 11) is -3.92. The number of carbonyl (C=O) groups is 4. The molecule has 1 aromatic heterocycles. The molecule has 324 valence electrons. The summed E-state index contributed by atoms with van der Waals surface area (Å²) < 4.78 is 74.8. The second-order valence-electron chi connectivity index (χ2n) is 18.0. The Labute approximate surface area is 350 Å². The van der Waals surface area contributed by atoms with Crippen LogP contribution in [0.3, 0.4) is 0 Å². The van der Waals surface area contributed by atoms with Gasteiger partial charge < -0.3 is 19.1 Å². The van der Waals surface area contributed by atoms with Gasteiger partial charge in [-0.05, 0) is 96.1 Å². The summed E-state index contributed by atoms with van der Waals surface area (Å²) in [6.45, 7) is 10.3. The number of rotatable bonds is 11. The fourth-order valence-corrected chi connectivity index (χ4v) is 9.93. The summed E-state index contributed by atoms with van der Waals surface area (Å²) in [5, 5.41) is 0.947. The molecule has 7 atom stereocenters. The highest BCUT2D eigenvalue weighted by atomic mass is 35.5. The van der Waals surface area contributed by atoms with E-state index in [0.717, 1.165) is 13.8 Å². The molecule has 0 bridgehead atoms. The quantitative estimate of drug-likeness (QED) is 0.176. The molecule has 4 aliphatic rings. The predicted octanol–water partition coefficient (Wildman–Crippen LogP) is 7.59. The van der Waals surface area contributed by atoms with Gasteiger partial charge in [0.2, 0.25) is 33.6 Å². The molecule has 16 heteroatoms. The van der Waals surface area contributed by atoms with Gasteiger partial charge in [-0.25, -0.2) is 17.2 Å². The van der Waals surface area contributed by atoms with Crippen LogP contribution < -0.4 is 14.2 Å². The lowest BCUT2D eigenvalue weighted by atomic mass is 9.82. The van der Waals surface area contributed by atoms with Crippen molar-refractivity contribution in [3.63, 3.8) is 0 Å². The van der Waals surface area contributed by atoms with Gasteiger partial charge in [0.25, 0.3) is 5.92 Å². The molecule has 59 heavy (non-hydrogen) atoms. The van der Waals surface area contributed by atoms with E-state index in [0.29, 0.717) is 54.8 Å². The number of carbonyl (C=O) groups excluding carboxylic acids is 4. The number of nitrogens with zero attached hydrogens (tertiary/aromatic N) is 2. The number of aromatic nitrogens is 1. The summed E-state index contributed by atoms with van der Waals surface area (Å²) in [4.78, 5) is 63.0. The summed E-state index contributed by atoms with van der Waals surface area (Å²) in [5.74, 6) is -7.54. The van der Waals surface area contributed by atoms with Crippen LogP contribution in [0.5, 0.6) is 11.8 Å². The molecule has 0 unspecified atom stereocenters. The van der Waals surface area contributed by atoms with Crippen molar-refractivity contribution in [2.24, 2.45) is 29.1 Å². The van der Waals surface area contributed by atoms with Gasteiger partial charge in [-0.3, -0.25) is 23.9 Å². The van der Waals surface area contributed by atoms with Gasteiger partial charge in [-0.15, -0.1) is 0 Å². The highest BCUT2D eigenvalue weighted by molar-refractivity contribution is 7.90. The third-order valence-electron chi connectivity index (χ3n) is 12.4. The molecule has 6 rings (SSSR count). The number of hydrogen-bond donors (Lipinski definition) is 1. The third kappa shape index (κ3) is 10.0. The minimum absolute atomic E-state index is 0.0147. The number of esters is 1. The Hall–Kier alpha value is -3.85. The molecular formula is C43H56ClF2N3O9S. The predicted molar refractivity (Wildman–Crippen MR) is 218 cm³/mol. The topological polar surface area (TPSA) is 158 Å². The molecule has 1 aromatic carbocycles. The molecule has 2 saturated carbocycles. The van der Waals surface area contributed by atoms with Gasteiger partial charge in [-0.1, -0.05) is 43.7 Å². The summed E-state index contributed by atoms with van der Waals surface area (Å²) in [6, 6.07) is 5.79. The summed E-state index contributed by atoms with van der Waals surface area (Å²) in [5.41, 5.74) is -3.50. The number of halogens is 3.